The summed E-state index contributed by atoms with van der Waals surface area (Å²) in [7, 11) is 1.35. The molecule has 1 atom stereocenters. The molecule has 0 amide bonds. The third-order valence-corrected chi connectivity index (χ3v) is 2.27. The first kappa shape index (κ1) is 15.6. The van der Waals surface area contributed by atoms with Gasteiger partial charge in [0.05, 0.1) is 13.7 Å². The van der Waals surface area contributed by atoms with Crippen LogP contribution in [0, 0.1) is 0 Å². The second-order valence-electron chi connectivity index (χ2n) is 3.62. The van der Waals surface area contributed by atoms with E-state index in [0.29, 0.717) is 25.7 Å². The van der Waals surface area contributed by atoms with Gasteiger partial charge in [-0.25, -0.2) is 4.79 Å². The van der Waals surface area contributed by atoms with E-state index in [1.807, 2.05) is 0 Å². The number of rotatable bonds is 10. The van der Waals surface area contributed by atoms with Crippen LogP contribution in [0.1, 0.15) is 32.1 Å². The van der Waals surface area contributed by atoms with Gasteiger partial charge in [0.2, 0.25) is 0 Å². The van der Waals surface area contributed by atoms with Crippen molar-refractivity contribution in [1.29, 1.82) is 0 Å². The van der Waals surface area contributed by atoms with Gasteiger partial charge in [-0.05, 0) is 12.8 Å². The Morgan fingerprint density at radius 3 is 2.59 bits per heavy atom. The third-order valence-electron chi connectivity index (χ3n) is 2.27. The van der Waals surface area contributed by atoms with Crippen molar-refractivity contribution in [2.75, 3.05) is 13.7 Å². The molecule has 0 fully saturated rings. The lowest BCUT2D eigenvalue weighted by Crippen LogP contribution is -2.23. The van der Waals surface area contributed by atoms with Crippen LogP contribution < -0.4 is 0 Å². The fourth-order valence-corrected chi connectivity index (χ4v) is 1.34. The van der Waals surface area contributed by atoms with E-state index in [1.165, 1.54) is 13.2 Å². The molecule has 0 aliphatic heterocycles. The number of carboxylic acids is 1. The van der Waals surface area contributed by atoms with E-state index in [-0.39, 0.29) is 12.6 Å². The zero-order chi connectivity index (χ0) is 13.1. The molecule has 17 heavy (non-hydrogen) atoms. The van der Waals surface area contributed by atoms with Crippen LogP contribution in [0.2, 0.25) is 0 Å². The Balaban J connectivity index is 3.64. The summed E-state index contributed by atoms with van der Waals surface area (Å²) in [5.74, 6) is -1.19. The summed E-state index contributed by atoms with van der Waals surface area (Å²) < 4.78 is 9.59. The minimum atomic E-state index is -0.959. The molecule has 0 heterocycles. The van der Waals surface area contributed by atoms with E-state index in [4.69, 9.17) is 9.84 Å². The van der Waals surface area contributed by atoms with Crippen LogP contribution in [0.5, 0.6) is 0 Å². The van der Waals surface area contributed by atoms with Crippen molar-refractivity contribution in [3.8, 4) is 0 Å². The molecule has 0 spiro atoms. The summed E-state index contributed by atoms with van der Waals surface area (Å²) >= 11 is 0. The maximum atomic E-state index is 10.8. The van der Waals surface area contributed by atoms with Crippen LogP contribution in [0.25, 0.3) is 0 Å². The van der Waals surface area contributed by atoms with Crippen LogP contribution in [0.3, 0.4) is 0 Å². The molecule has 0 aromatic heterocycles. The van der Waals surface area contributed by atoms with Crippen molar-refractivity contribution in [2.24, 2.45) is 0 Å². The molecule has 0 aromatic carbocycles. The van der Waals surface area contributed by atoms with E-state index in [9.17, 15) is 9.59 Å². The second-order valence-corrected chi connectivity index (χ2v) is 3.62. The molecule has 0 aromatic rings. The fraction of sp³-hybridized carbons (Fsp3) is 0.667. The van der Waals surface area contributed by atoms with E-state index < -0.39 is 12.1 Å². The monoisotopic (exact) mass is 244 g/mol. The number of esters is 1. The quantitative estimate of drug-likeness (QED) is 0.360. The average molecular weight is 244 g/mol. The van der Waals surface area contributed by atoms with E-state index >= 15 is 0 Å². The number of carbonyl (C=O) groups is 2. The van der Waals surface area contributed by atoms with Gasteiger partial charge in [-0.2, -0.15) is 0 Å². The highest BCUT2D eigenvalue weighted by Crippen LogP contribution is 2.09. The molecule has 0 bridgehead atoms. The molecule has 98 valence electrons. The number of aliphatic carboxylic acids is 1. The number of carboxylic acid groups (broad SMARTS) is 1. The molecule has 5 heteroatoms. The van der Waals surface area contributed by atoms with Crippen LogP contribution in [0.15, 0.2) is 12.7 Å². The Kier molecular flexibility index (Phi) is 9.05. The fourth-order valence-electron chi connectivity index (χ4n) is 1.34. The van der Waals surface area contributed by atoms with Crippen LogP contribution >= 0.6 is 0 Å². The lowest BCUT2D eigenvalue weighted by molar-refractivity contribution is -0.150. The van der Waals surface area contributed by atoms with Gasteiger partial charge < -0.3 is 14.6 Å². The lowest BCUT2D eigenvalue weighted by Gasteiger charge is -2.11. The zero-order valence-electron chi connectivity index (χ0n) is 10.2. The highest BCUT2D eigenvalue weighted by atomic mass is 16.5. The van der Waals surface area contributed by atoms with E-state index in [2.05, 4.69) is 11.3 Å². The van der Waals surface area contributed by atoms with Crippen molar-refractivity contribution in [3.05, 3.63) is 12.7 Å². The zero-order valence-corrected chi connectivity index (χ0v) is 10.2. The first-order valence-electron chi connectivity index (χ1n) is 5.64. The second kappa shape index (κ2) is 9.84. The maximum absolute atomic E-state index is 10.8. The number of methoxy groups -OCH3 is 1. The van der Waals surface area contributed by atoms with Crippen LogP contribution in [-0.4, -0.2) is 36.9 Å². The minimum Gasteiger partial charge on any atom is -0.479 e. The van der Waals surface area contributed by atoms with Gasteiger partial charge in [0.1, 0.15) is 0 Å². The molecular weight excluding hydrogens is 224 g/mol. The largest absolute Gasteiger partial charge is 0.479 e. The summed E-state index contributed by atoms with van der Waals surface area (Å²) in [5.41, 5.74) is 0. The summed E-state index contributed by atoms with van der Waals surface area (Å²) in [6.07, 6.45) is 3.77. The Morgan fingerprint density at radius 1 is 1.35 bits per heavy atom. The van der Waals surface area contributed by atoms with Gasteiger partial charge in [-0.1, -0.05) is 18.9 Å². The van der Waals surface area contributed by atoms with Gasteiger partial charge in [0.25, 0.3) is 0 Å². The predicted molar refractivity (Wildman–Crippen MR) is 62.7 cm³/mol. The lowest BCUT2D eigenvalue weighted by atomic mass is 10.1. The highest BCUT2D eigenvalue weighted by molar-refractivity contribution is 5.72. The van der Waals surface area contributed by atoms with Crippen molar-refractivity contribution < 1.29 is 24.2 Å². The third kappa shape index (κ3) is 8.45. The topological polar surface area (TPSA) is 72.8 Å². The molecule has 0 rings (SSSR count). The smallest absolute Gasteiger partial charge is 0.332 e. The molecule has 0 radical (unpaired) electrons. The van der Waals surface area contributed by atoms with Gasteiger partial charge in [-0.3, -0.25) is 4.79 Å². The van der Waals surface area contributed by atoms with Crippen molar-refractivity contribution in [2.45, 2.75) is 38.2 Å². The number of unbranched alkanes of at least 4 members (excludes halogenated alkanes) is 2. The molecule has 0 aliphatic carbocycles. The molecule has 0 aliphatic rings. The Labute approximate surface area is 101 Å². The maximum Gasteiger partial charge on any atom is 0.332 e. The summed E-state index contributed by atoms with van der Waals surface area (Å²) in [6, 6.07) is 0. The molecule has 0 saturated carbocycles. The summed E-state index contributed by atoms with van der Waals surface area (Å²) in [5, 5.41) is 8.85. The van der Waals surface area contributed by atoms with E-state index in [1.54, 1.807) is 0 Å². The normalized spacial score (nSPS) is 11.8. The molecular formula is C12H20O5. The average Bonchev–Trinajstić information content (AvgIpc) is 2.31. The van der Waals surface area contributed by atoms with Gasteiger partial charge in [0.15, 0.2) is 6.10 Å². The minimum absolute atomic E-state index is 0.234. The van der Waals surface area contributed by atoms with Crippen molar-refractivity contribution in [1.82, 2.24) is 0 Å². The summed E-state index contributed by atoms with van der Waals surface area (Å²) in [6.45, 7) is 3.70. The Morgan fingerprint density at radius 2 is 2.06 bits per heavy atom. The van der Waals surface area contributed by atoms with Crippen molar-refractivity contribution >= 4 is 11.9 Å². The Bertz CT molecular complexity index is 249. The SMILES string of the molecule is C=CCO[C@H](CCCCCC(=O)OC)C(=O)O. The molecule has 5 nitrogen and oxygen atoms in total. The first-order chi connectivity index (χ1) is 8.11. The van der Waals surface area contributed by atoms with Crippen molar-refractivity contribution in [3.63, 3.8) is 0 Å². The number of hydrogen-bond acceptors (Lipinski definition) is 4. The number of carbonyl (C=O) groups excluding carboxylic acids is 1. The number of hydrogen-bond donors (Lipinski definition) is 1. The summed E-state index contributed by atoms with van der Waals surface area (Å²) in [4.78, 5) is 21.6. The highest BCUT2D eigenvalue weighted by Gasteiger charge is 2.16. The molecule has 1 N–H and O–H groups in total. The first-order valence-corrected chi connectivity index (χ1v) is 5.64. The number of ether oxygens (including phenoxy) is 2. The van der Waals surface area contributed by atoms with Gasteiger partial charge >= 0.3 is 11.9 Å². The molecule has 0 unspecified atom stereocenters. The van der Waals surface area contributed by atoms with Gasteiger partial charge in [0, 0.05) is 6.42 Å². The van der Waals surface area contributed by atoms with E-state index in [0.717, 1.165) is 6.42 Å². The van der Waals surface area contributed by atoms with Crippen LogP contribution in [0.4, 0.5) is 0 Å². The van der Waals surface area contributed by atoms with Crippen LogP contribution in [-0.2, 0) is 19.1 Å². The van der Waals surface area contributed by atoms with Gasteiger partial charge in [-0.15, -0.1) is 6.58 Å². The standard InChI is InChI=1S/C12H20O5/c1-3-9-17-10(12(14)15)7-5-4-6-8-11(13)16-2/h3,10H,1,4-9H2,2H3,(H,14,15)/t10-/m1/s1. The Hall–Kier alpha value is -1.36. The molecule has 0 saturated heterocycles. The predicted octanol–water partition coefficient (Wildman–Crippen LogP) is 1.77.